The summed E-state index contributed by atoms with van der Waals surface area (Å²) in [6, 6.07) is 1.75. The molecule has 2 rings (SSSR count). The Morgan fingerprint density at radius 3 is 3.05 bits per heavy atom. The third-order valence-electron chi connectivity index (χ3n) is 4.01. The highest BCUT2D eigenvalue weighted by atomic mass is 16.2. The second-order valence-corrected chi connectivity index (χ2v) is 5.42. The average Bonchev–Trinajstić information content (AvgIpc) is 2.78. The number of hydrogen-bond acceptors (Lipinski definition) is 3. The Balaban J connectivity index is 2.08. The van der Waals surface area contributed by atoms with Gasteiger partial charge in [0.15, 0.2) is 0 Å². The van der Waals surface area contributed by atoms with Gasteiger partial charge in [0.25, 0.3) is 5.91 Å². The number of carbonyl (C=O) groups is 1. The van der Waals surface area contributed by atoms with Crippen LogP contribution in [0.25, 0.3) is 0 Å². The van der Waals surface area contributed by atoms with Crippen molar-refractivity contribution < 1.29 is 9.90 Å². The summed E-state index contributed by atoms with van der Waals surface area (Å²) in [7, 11) is 0. The number of amides is 1. The summed E-state index contributed by atoms with van der Waals surface area (Å²) in [4.78, 5) is 18.6. The van der Waals surface area contributed by atoms with E-state index in [1.54, 1.807) is 18.5 Å². The first-order valence-corrected chi connectivity index (χ1v) is 7.58. The predicted octanol–water partition coefficient (Wildman–Crippen LogP) is 2.08. The van der Waals surface area contributed by atoms with Gasteiger partial charge in [-0.25, -0.2) is 0 Å². The van der Waals surface area contributed by atoms with Crippen LogP contribution in [-0.4, -0.2) is 40.6 Å². The third kappa shape index (κ3) is 4.30. The van der Waals surface area contributed by atoms with Crippen LogP contribution in [0.3, 0.4) is 0 Å². The van der Waals surface area contributed by atoms with Crippen molar-refractivity contribution in [2.24, 2.45) is 5.92 Å². The van der Waals surface area contributed by atoms with Crippen molar-refractivity contribution in [1.29, 1.82) is 0 Å². The molecule has 1 amide bonds. The van der Waals surface area contributed by atoms with Crippen molar-refractivity contribution in [2.75, 3.05) is 19.7 Å². The van der Waals surface area contributed by atoms with Gasteiger partial charge in [-0.15, -0.1) is 0 Å². The van der Waals surface area contributed by atoms with Crippen LogP contribution in [0.4, 0.5) is 0 Å². The first-order chi connectivity index (χ1) is 10.2. The molecule has 0 bridgehead atoms. The van der Waals surface area contributed by atoms with Crippen molar-refractivity contribution in [1.82, 2.24) is 9.88 Å². The zero-order valence-electron chi connectivity index (χ0n) is 12.5. The molecule has 1 aromatic heterocycles. The summed E-state index contributed by atoms with van der Waals surface area (Å²) in [5, 5.41) is 8.72. The molecule has 1 aromatic rings. The summed E-state index contributed by atoms with van der Waals surface area (Å²) in [6.45, 7) is 3.67. The highest BCUT2D eigenvalue weighted by Crippen LogP contribution is 2.21. The van der Waals surface area contributed by atoms with Crippen LogP contribution in [0, 0.1) is 17.8 Å². The van der Waals surface area contributed by atoms with Crippen LogP contribution < -0.4 is 0 Å². The van der Waals surface area contributed by atoms with E-state index in [1.807, 2.05) is 4.90 Å². The minimum atomic E-state index is -0.192. The lowest BCUT2D eigenvalue weighted by atomic mass is 9.98. The fourth-order valence-electron chi connectivity index (χ4n) is 2.73. The van der Waals surface area contributed by atoms with E-state index in [0.29, 0.717) is 11.1 Å². The van der Waals surface area contributed by atoms with Crippen LogP contribution in [0.15, 0.2) is 18.5 Å². The fourth-order valence-corrected chi connectivity index (χ4v) is 2.73. The van der Waals surface area contributed by atoms with Gasteiger partial charge in [0, 0.05) is 31.0 Å². The van der Waals surface area contributed by atoms with Gasteiger partial charge < -0.3 is 10.0 Å². The number of nitrogens with zero attached hydrogens (tertiary/aromatic N) is 2. The Bertz CT molecular complexity index is 545. The van der Waals surface area contributed by atoms with E-state index in [0.717, 1.165) is 31.8 Å². The SMILES string of the molecule is CCC1CCCN(C(=O)c2cncc(C#CCO)c2)CC1. The molecule has 1 aliphatic heterocycles. The summed E-state index contributed by atoms with van der Waals surface area (Å²) in [5.41, 5.74) is 1.24. The average molecular weight is 286 g/mol. The van der Waals surface area contributed by atoms with Crippen LogP contribution in [0.1, 0.15) is 48.5 Å². The quantitative estimate of drug-likeness (QED) is 0.847. The fraction of sp³-hybridized carbons (Fsp3) is 0.529. The second-order valence-electron chi connectivity index (χ2n) is 5.42. The molecule has 1 aliphatic rings. The summed E-state index contributed by atoms with van der Waals surface area (Å²) >= 11 is 0. The van der Waals surface area contributed by atoms with E-state index in [1.165, 1.54) is 12.8 Å². The molecule has 1 fully saturated rings. The number of rotatable bonds is 2. The Labute approximate surface area is 126 Å². The number of pyridine rings is 1. The molecule has 112 valence electrons. The van der Waals surface area contributed by atoms with E-state index in [4.69, 9.17) is 5.11 Å². The smallest absolute Gasteiger partial charge is 0.255 e. The highest BCUT2D eigenvalue weighted by Gasteiger charge is 2.21. The molecule has 21 heavy (non-hydrogen) atoms. The van der Waals surface area contributed by atoms with Gasteiger partial charge >= 0.3 is 0 Å². The lowest BCUT2D eigenvalue weighted by Gasteiger charge is -2.20. The molecule has 2 heterocycles. The number of aromatic nitrogens is 1. The molecule has 4 heteroatoms. The van der Waals surface area contributed by atoms with Crippen molar-refractivity contribution >= 4 is 5.91 Å². The van der Waals surface area contributed by atoms with Crippen LogP contribution in [0.2, 0.25) is 0 Å². The Kier molecular flexibility index (Phi) is 5.77. The third-order valence-corrected chi connectivity index (χ3v) is 4.01. The summed E-state index contributed by atoms with van der Waals surface area (Å²) < 4.78 is 0. The minimum absolute atomic E-state index is 0.0342. The number of hydrogen-bond donors (Lipinski definition) is 1. The van der Waals surface area contributed by atoms with Gasteiger partial charge in [0.2, 0.25) is 0 Å². The molecule has 0 aromatic carbocycles. The minimum Gasteiger partial charge on any atom is -0.384 e. The monoisotopic (exact) mass is 286 g/mol. The lowest BCUT2D eigenvalue weighted by molar-refractivity contribution is 0.0759. The van der Waals surface area contributed by atoms with Gasteiger partial charge in [-0.3, -0.25) is 9.78 Å². The van der Waals surface area contributed by atoms with Crippen molar-refractivity contribution in [2.45, 2.75) is 32.6 Å². The van der Waals surface area contributed by atoms with Crippen LogP contribution >= 0.6 is 0 Å². The zero-order chi connectivity index (χ0) is 15.1. The Hall–Kier alpha value is -1.86. The number of carbonyl (C=O) groups excluding carboxylic acids is 1. The Morgan fingerprint density at radius 2 is 2.29 bits per heavy atom. The van der Waals surface area contributed by atoms with Gasteiger partial charge in [-0.05, 0) is 31.2 Å². The largest absolute Gasteiger partial charge is 0.384 e. The maximum absolute atomic E-state index is 12.6. The molecule has 1 saturated heterocycles. The molecule has 0 aliphatic carbocycles. The molecular weight excluding hydrogens is 264 g/mol. The number of likely N-dealkylation sites (tertiary alicyclic amines) is 1. The molecule has 0 saturated carbocycles. The van der Waals surface area contributed by atoms with Crippen molar-refractivity contribution in [3.8, 4) is 11.8 Å². The molecule has 1 atom stereocenters. The molecular formula is C17H22N2O2. The molecule has 4 nitrogen and oxygen atoms in total. The van der Waals surface area contributed by atoms with Crippen LogP contribution in [-0.2, 0) is 0 Å². The molecule has 0 spiro atoms. The van der Waals surface area contributed by atoms with E-state index in [-0.39, 0.29) is 12.5 Å². The van der Waals surface area contributed by atoms with Gasteiger partial charge in [-0.2, -0.15) is 0 Å². The van der Waals surface area contributed by atoms with E-state index in [2.05, 4.69) is 23.7 Å². The predicted molar refractivity (Wildman–Crippen MR) is 81.7 cm³/mol. The number of aliphatic hydroxyl groups excluding tert-OH is 1. The molecule has 1 unspecified atom stereocenters. The van der Waals surface area contributed by atoms with Gasteiger partial charge in [0.05, 0.1) is 5.56 Å². The standard InChI is InChI=1S/C17H22N2O2/c1-2-14-5-3-8-19(9-7-14)17(21)16-11-15(6-4-10-20)12-18-13-16/h11-14,20H,2-3,5,7-10H2,1H3. The van der Waals surface area contributed by atoms with E-state index >= 15 is 0 Å². The zero-order valence-corrected chi connectivity index (χ0v) is 12.5. The molecule has 1 N–H and O–H groups in total. The van der Waals surface area contributed by atoms with E-state index < -0.39 is 0 Å². The topological polar surface area (TPSA) is 53.4 Å². The first kappa shape index (κ1) is 15.5. The normalized spacial score (nSPS) is 18.6. The van der Waals surface area contributed by atoms with Crippen molar-refractivity contribution in [3.05, 3.63) is 29.6 Å². The number of aliphatic hydroxyl groups is 1. The first-order valence-electron chi connectivity index (χ1n) is 7.58. The van der Waals surface area contributed by atoms with Gasteiger partial charge in [0.1, 0.15) is 6.61 Å². The maximum atomic E-state index is 12.6. The maximum Gasteiger partial charge on any atom is 0.255 e. The highest BCUT2D eigenvalue weighted by molar-refractivity contribution is 5.94. The van der Waals surface area contributed by atoms with Crippen molar-refractivity contribution in [3.63, 3.8) is 0 Å². The summed E-state index contributed by atoms with van der Waals surface area (Å²) in [6.07, 6.45) is 7.75. The van der Waals surface area contributed by atoms with E-state index in [9.17, 15) is 4.79 Å². The van der Waals surface area contributed by atoms with Gasteiger partial charge in [-0.1, -0.05) is 25.2 Å². The Morgan fingerprint density at radius 1 is 1.43 bits per heavy atom. The summed E-state index contributed by atoms with van der Waals surface area (Å²) in [5.74, 6) is 6.13. The lowest BCUT2D eigenvalue weighted by Crippen LogP contribution is -2.32. The second kappa shape index (κ2) is 7.80. The molecule has 0 radical (unpaired) electrons. The van der Waals surface area contributed by atoms with Crippen LogP contribution in [0.5, 0.6) is 0 Å².